The molecule has 2 aromatic carbocycles. The van der Waals surface area contributed by atoms with Gasteiger partial charge in [0.1, 0.15) is 11.6 Å². The zero-order valence-corrected chi connectivity index (χ0v) is 18.6. The number of piperazine rings is 1. The standard InChI is InChI=1S/C25H26F2N4O2/c1-16-22(17(2)29-25(33)28-16)15-23(32)30-11-13-31(14-12-30)24(18-3-7-20(26)8-4-18)19-5-9-21(27)10-6-19/h3-10,24H,11-15H2,1-2H3,(H,28,29,33). The second kappa shape index (κ2) is 9.62. The number of benzene rings is 2. The van der Waals surface area contributed by atoms with Crippen molar-refractivity contribution in [1.29, 1.82) is 0 Å². The van der Waals surface area contributed by atoms with Crippen LogP contribution in [-0.4, -0.2) is 51.9 Å². The molecular weight excluding hydrogens is 426 g/mol. The molecule has 4 rings (SSSR count). The van der Waals surface area contributed by atoms with Crippen molar-refractivity contribution in [2.75, 3.05) is 26.2 Å². The minimum Gasteiger partial charge on any atom is -0.340 e. The largest absolute Gasteiger partial charge is 0.345 e. The van der Waals surface area contributed by atoms with Gasteiger partial charge in [-0.2, -0.15) is 4.98 Å². The number of aromatic amines is 1. The molecule has 33 heavy (non-hydrogen) atoms. The van der Waals surface area contributed by atoms with Crippen molar-refractivity contribution >= 4 is 5.91 Å². The van der Waals surface area contributed by atoms with E-state index in [1.54, 1.807) is 38.1 Å². The smallest absolute Gasteiger partial charge is 0.340 e. The lowest BCUT2D eigenvalue weighted by Crippen LogP contribution is -2.50. The number of nitrogens with one attached hydrogen (secondary N) is 1. The maximum absolute atomic E-state index is 13.5. The highest BCUT2D eigenvalue weighted by molar-refractivity contribution is 5.79. The van der Waals surface area contributed by atoms with E-state index in [2.05, 4.69) is 14.9 Å². The fraction of sp³-hybridized carbons (Fsp3) is 0.320. The number of halogens is 2. The van der Waals surface area contributed by atoms with Crippen LogP contribution in [0.15, 0.2) is 53.3 Å². The van der Waals surface area contributed by atoms with Gasteiger partial charge < -0.3 is 9.88 Å². The van der Waals surface area contributed by atoms with E-state index in [0.717, 1.165) is 16.7 Å². The fourth-order valence-corrected chi connectivity index (χ4v) is 4.41. The molecule has 0 atom stereocenters. The summed E-state index contributed by atoms with van der Waals surface area (Å²) in [6.07, 6.45) is 0.181. The van der Waals surface area contributed by atoms with Crippen molar-refractivity contribution in [3.8, 4) is 0 Å². The Bertz CT molecular complexity index is 1110. The summed E-state index contributed by atoms with van der Waals surface area (Å²) < 4.78 is 27.0. The second-order valence-electron chi connectivity index (χ2n) is 8.33. The summed E-state index contributed by atoms with van der Waals surface area (Å²) in [6, 6.07) is 12.5. The Balaban J connectivity index is 1.49. The van der Waals surface area contributed by atoms with Gasteiger partial charge in [-0.3, -0.25) is 9.69 Å². The van der Waals surface area contributed by atoms with E-state index in [4.69, 9.17) is 0 Å². The number of H-pyrrole nitrogens is 1. The van der Waals surface area contributed by atoms with Crippen LogP contribution in [-0.2, 0) is 11.2 Å². The fourth-order valence-electron chi connectivity index (χ4n) is 4.41. The molecule has 2 heterocycles. The van der Waals surface area contributed by atoms with Crippen LogP contribution < -0.4 is 5.69 Å². The van der Waals surface area contributed by atoms with Gasteiger partial charge in [-0.25, -0.2) is 13.6 Å². The van der Waals surface area contributed by atoms with Crippen molar-refractivity contribution in [3.05, 3.63) is 98.7 Å². The average molecular weight is 453 g/mol. The van der Waals surface area contributed by atoms with Gasteiger partial charge in [-0.15, -0.1) is 0 Å². The number of hydrogen-bond donors (Lipinski definition) is 1. The minimum absolute atomic E-state index is 0.0187. The number of rotatable bonds is 5. The SMILES string of the molecule is Cc1nc(=O)[nH]c(C)c1CC(=O)N1CCN(C(c2ccc(F)cc2)c2ccc(F)cc2)CC1. The van der Waals surface area contributed by atoms with Crippen LogP contribution in [0.25, 0.3) is 0 Å². The first kappa shape index (κ1) is 22.8. The molecule has 0 aliphatic carbocycles. The summed E-state index contributed by atoms with van der Waals surface area (Å²) in [6.45, 7) is 5.81. The first-order valence-corrected chi connectivity index (χ1v) is 10.9. The highest BCUT2D eigenvalue weighted by Gasteiger charge is 2.28. The van der Waals surface area contributed by atoms with Crippen LogP contribution >= 0.6 is 0 Å². The highest BCUT2D eigenvalue weighted by Crippen LogP contribution is 2.30. The van der Waals surface area contributed by atoms with Crippen LogP contribution in [0.2, 0.25) is 0 Å². The van der Waals surface area contributed by atoms with Gasteiger partial charge in [0.15, 0.2) is 0 Å². The Hall–Kier alpha value is -3.39. The predicted molar refractivity (Wildman–Crippen MR) is 121 cm³/mol. The van der Waals surface area contributed by atoms with Gasteiger partial charge in [0.25, 0.3) is 0 Å². The van der Waals surface area contributed by atoms with E-state index < -0.39 is 5.69 Å². The molecule has 1 saturated heterocycles. The van der Waals surface area contributed by atoms with E-state index in [-0.39, 0.29) is 30.0 Å². The van der Waals surface area contributed by atoms with Crippen molar-refractivity contribution < 1.29 is 13.6 Å². The van der Waals surface area contributed by atoms with E-state index in [0.29, 0.717) is 37.6 Å². The molecule has 0 radical (unpaired) electrons. The summed E-state index contributed by atoms with van der Waals surface area (Å²) in [7, 11) is 0. The summed E-state index contributed by atoms with van der Waals surface area (Å²) in [5.74, 6) is -0.640. The first-order valence-electron chi connectivity index (χ1n) is 10.9. The van der Waals surface area contributed by atoms with Crippen molar-refractivity contribution in [1.82, 2.24) is 19.8 Å². The molecule has 1 N–H and O–H groups in total. The lowest BCUT2D eigenvalue weighted by molar-refractivity contribution is -0.132. The van der Waals surface area contributed by atoms with Gasteiger partial charge in [0.05, 0.1) is 12.5 Å². The predicted octanol–water partition coefficient (Wildman–Crippen LogP) is 3.14. The van der Waals surface area contributed by atoms with Crippen LogP contribution in [0.1, 0.15) is 34.1 Å². The monoisotopic (exact) mass is 452 g/mol. The maximum atomic E-state index is 13.5. The highest BCUT2D eigenvalue weighted by atomic mass is 19.1. The Morgan fingerprint density at radius 1 is 0.939 bits per heavy atom. The Kier molecular flexibility index (Phi) is 6.65. The van der Waals surface area contributed by atoms with Gasteiger partial charge in [0, 0.05) is 43.1 Å². The molecule has 1 fully saturated rings. The molecule has 6 nitrogen and oxygen atoms in total. The number of carbonyl (C=O) groups excluding carboxylic acids is 1. The molecule has 0 unspecified atom stereocenters. The van der Waals surface area contributed by atoms with Crippen LogP contribution in [0.5, 0.6) is 0 Å². The number of hydrogen-bond acceptors (Lipinski definition) is 4. The molecule has 0 bridgehead atoms. The normalized spacial score (nSPS) is 14.6. The lowest BCUT2D eigenvalue weighted by atomic mass is 9.96. The average Bonchev–Trinajstić information content (AvgIpc) is 2.79. The molecule has 1 aromatic heterocycles. The summed E-state index contributed by atoms with van der Waals surface area (Å²) >= 11 is 0. The number of carbonyl (C=O) groups is 1. The third kappa shape index (κ3) is 5.17. The third-order valence-electron chi connectivity index (χ3n) is 6.18. The summed E-state index contributed by atoms with van der Waals surface area (Å²) in [5, 5.41) is 0. The molecule has 172 valence electrons. The number of nitrogens with zero attached hydrogens (tertiary/aromatic N) is 3. The van der Waals surface area contributed by atoms with Gasteiger partial charge in [-0.1, -0.05) is 24.3 Å². The van der Waals surface area contributed by atoms with E-state index in [1.165, 1.54) is 24.3 Å². The summed E-state index contributed by atoms with van der Waals surface area (Å²) in [5.41, 5.74) is 3.38. The Morgan fingerprint density at radius 2 is 1.45 bits per heavy atom. The van der Waals surface area contributed by atoms with Crippen molar-refractivity contribution in [2.24, 2.45) is 0 Å². The van der Waals surface area contributed by atoms with Gasteiger partial charge >= 0.3 is 5.69 Å². The molecule has 0 saturated carbocycles. The second-order valence-corrected chi connectivity index (χ2v) is 8.33. The Morgan fingerprint density at radius 3 is 1.94 bits per heavy atom. The molecule has 1 amide bonds. The van der Waals surface area contributed by atoms with E-state index in [1.807, 2.05) is 4.90 Å². The molecule has 3 aromatic rings. The van der Waals surface area contributed by atoms with Crippen LogP contribution in [0, 0.1) is 25.5 Å². The lowest BCUT2D eigenvalue weighted by Gasteiger charge is -2.40. The molecular formula is C25H26F2N4O2. The van der Waals surface area contributed by atoms with Crippen LogP contribution in [0.4, 0.5) is 8.78 Å². The van der Waals surface area contributed by atoms with E-state index in [9.17, 15) is 18.4 Å². The minimum atomic E-state index is -0.414. The van der Waals surface area contributed by atoms with Crippen molar-refractivity contribution in [3.63, 3.8) is 0 Å². The molecule has 1 aliphatic rings. The molecule has 1 aliphatic heterocycles. The number of aromatic nitrogens is 2. The van der Waals surface area contributed by atoms with E-state index >= 15 is 0 Å². The molecule has 0 spiro atoms. The third-order valence-corrected chi connectivity index (χ3v) is 6.18. The quantitative estimate of drug-likeness (QED) is 0.646. The Labute approximate surface area is 190 Å². The van der Waals surface area contributed by atoms with Gasteiger partial charge in [0.2, 0.25) is 5.91 Å². The number of aryl methyl sites for hydroxylation is 2. The zero-order chi connectivity index (χ0) is 23.5. The van der Waals surface area contributed by atoms with Crippen LogP contribution in [0.3, 0.4) is 0 Å². The first-order chi connectivity index (χ1) is 15.8. The maximum Gasteiger partial charge on any atom is 0.345 e. The van der Waals surface area contributed by atoms with Gasteiger partial charge in [-0.05, 0) is 49.2 Å². The van der Waals surface area contributed by atoms with Crippen molar-refractivity contribution in [2.45, 2.75) is 26.3 Å². The zero-order valence-electron chi connectivity index (χ0n) is 18.6. The summed E-state index contributed by atoms with van der Waals surface area (Å²) in [4.78, 5) is 35.1. The molecule has 8 heteroatoms. The number of amides is 1. The topological polar surface area (TPSA) is 69.3 Å².